The molecule has 3 heterocycles. The Labute approximate surface area is 179 Å². The lowest BCUT2D eigenvalue weighted by atomic mass is 10.0. The second kappa shape index (κ2) is 7.46. The third kappa shape index (κ3) is 3.09. The van der Waals surface area contributed by atoms with Crippen molar-refractivity contribution in [2.45, 2.75) is 6.42 Å². The smallest absolute Gasteiger partial charge is 0.256 e. The van der Waals surface area contributed by atoms with E-state index in [0.29, 0.717) is 11.6 Å². The largest absolute Gasteiger partial charge is 0.491 e. The number of halogens is 1. The van der Waals surface area contributed by atoms with Gasteiger partial charge >= 0.3 is 0 Å². The van der Waals surface area contributed by atoms with Gasteiger partial charge in [0.05, 0.1) is 19.7 Å². The van der Waals surface area contributed by atoms with Crippen molar-refractivity contribution in [2.75, 3.05) is 25.7 Å². The lowest BCUT2D eigenvalue weighted by molar-refractivity contribution is 0.343. The van der Waals surface area contributed by atoms with Gasteiger partial charge in [0, 0.05) is 34.4 Å². The second-order valence-electron chi connectivity index (χ2n) is 7.04. The Morgan fingerprint density at radius 3 is 2.67 bits per heavy atom. The van der Waals surface area contributed by atoms with Crippen molar-refractivity contribution < 1.29 is 9.47 Å². The fourth-order valence-corrected chi connectivity index (χ4v) is 4.07. The fourth-order valence-electron chi connectivity index (χ4n) is 3.90. The number of methoxy groups -OCH3 is 2. The summed E-state index contributed by atoms with van der Waals surface area (Å²) in [5, 5.41) is 1.69. The van der Waals surface area contributed by atoms with Crippen LogP contribution in [0, 0.1) is 0 Å². The number of aromatic nitrogens is 3. The molecule has 4 aromatic rings. The van der Waals surface area contributed by atoms with Crippen LogP contribution in [0.3, 0.4) is 0 Å². The normalized spacial score (nSPS) is 12.8. The Balaban J connectivity index is 1.64. The zero-order chi connectivity index (χ0) is 20.7. The van der Waals surface area contributed by atoms with Crippen molar-refractivity contribution in [3.63, 3.8) is 0 Å². The number of hydrogen-bond acceptors (Lipinski definition) is 6. The van der Waals surface area contributed by atoms with Gasteiger partial charge in [-0.05, 0) is 47.9 Å². The van der Waals surface area contributed by atoms with Gasteiger partial charge in [0.15, 0.2) is 5.75 Å². The van der Waals surface area contributed by atoms with E-state index in [1.807, 2.05) is 30.3 Å². The summed E-state index contributed by atoms with van der Waals surface area (Å²) in [6.45, 7) is 0.851. The topological polar surface area (TPSA) is 60.4 Å². The molecule has 0 atom stereocenters. The first kappa shape index (κ1) is 18.6. The first-order valence-electron chi connectivity index (χ1n) is 9.57. The highest BCUT2D eigenvalue weighted by atomic mass is 35.5. The van der Waals surface area contributed by atoms with Crippen LogP contribution in [-0.2, 0) is 6.42 Å². The van der Waals surface area contributed by atoms with E-state index in [4.69, 9.17) is 21.1 Å². The zero-order valence-electron chi connectivity index (χ0n) is 16.6. The lowest BCUT2D eigenvalue weighted by Crippen LogP contribution is -2.15. The molecule has 1 aliphatic rings. The number of benzene rings is 2. The van der Waals surface area contributed by atoms with E-state index >= 15 is 0 Å². The summed E-state index contributed by atoms with van der Waals surface area (Å²) in [5.74, 6) is 1.91. The minimum atomic E-state index is 0.455. The van der Waals surface area contributed by atoms with Crippen molar-refractivity contribution in [3.8, 4) is 22.8 Å². The van der Waals surface area contributed by atoms with Crippen molar-refractivity contribution in [2.24, 2.45) is 0 Å². The van der Waals surface area contributed by atoms with Crippen LogP contribution < -0.4 is 14.4 Å². The SMILES string of the molecule is COc1cc(-c2ccc3ncnc(N4CCc5ccc(Cl)cc54)c3c2)cnc1OC. The number of nitrogens with zero attached hydrogens (tertiary/aromatic N) is 4. The van der Waals surface area contributed by atoms with Crippen molar-refractivity contribution in [1.29, 1.82) is 0 Å². The third-order valence-corrected chi connectivity index (χ3v) is 5.61. The van der Waals surface area contributed by atoms with Crippen molar-refractivity contribution in [1.82, 2.24) is 15.0 Å². The number of rotatable bonds is 4. The molecular weight excluding hydrogens is 400 g/mol. The molecule has 0 N–H and O–H groups in total. The molecule has 30 heavy (non-hydrogen) atoms. The summed E-state index contributed by atoms with van der Waals surface area (Å²) < 4.78 is 10.7. The molecule has 0 bridgehead atoms. The van der Waals surface area contributed by atoms with E-state index in [-0.39, 0.29) is 0 Å². The Hall–Kier alpha value is -3.38. The van der Waals surface area contributed by atoms with Gasteiger partial charge in [-0.25, -0.2) is 15.0 Å². The molecule has 150 valence electrons. The van der Waals surface area contributed by atoms with Crippen LogP contribution >= 0.6 is 11.6 Å². The highest BCUT2D eigenvalue weighted by Crippen LogP contribution is 2.39. The molecule has 6 nitrogen and oxygen atoms in total. The molecular formula is C23H19ClN4O2. The predicted octanol–water partition coefficient (Wildman–Crippen LogP) is 5.06. The van der Waals surface area contributed by atoms with Gasteiger partial charge in [0.2, 0.25) is 0 Å². The molecule has 0 fully saturated rings. The highest BCUT2D eigenvalue weighted by Gasteiger charge is 2.23. The van der Waals surface area contributed by atoms with Gasteiger partial charge in [-0.3, -0.25) is 0 Å². The van der Waals surface area contributed by atoms with Crippen LogP contribution in [0.5, 0.6) is 11.6 Å². The van der Waals surface area contributed by atoms with E-state index in [1.165, 1.54) is 5.56 Å². The summed E-state index contributed by atoms with van der Waals surface area (Å²) in [6, 6.07) is 14.1. The quantitative estimate of drug-likeness (QED) is 0.462. The maximum absolute atomic E-state index is 6.26. The Bertz CT molecular complexity index is 1260. The average Bonchev–Trinajstić information content (AvgIpc) is 3.20. The van der Waals surface area contributed by atoms with Gasteiger partial charge < -0.3 is 14.4 Å². The first-order valence-corrected chi connectivity index (χ1v) is 9.95. The Morgan fingerprint density at radius 2 is 1.83 bits per heavy atom. The summed E-state index contributed by atoms with van der Waals surface area (Å²) in [6.07, 6.45) is 4.34. The van der Waals surface area contributed by atoms with Gasteiger partial charge in [-0.2, -0.15) is 0 Å². The first-order chi connectivity index (χ1) is 14.7. The second-order valence-corrected chi connectivity index (χ2v) is 7.48. The maximum Gasteiger partial charge on any atom is 0.256 e. The van der Waals surface area contributed by atoms with E-state index in [2.05, 4.69) is 32.0 Å². The molecule has 1 aliphatic heterocycles. The molecule has 0 unspecified atom stereocenters. The van der Waals surface area contributed by atoms with Gasteiger partial charge in [0.25, 0.3) is 5.88 Å². The number of pyridine rings is 1. The molecule has 7 heteroatoms. The van der Waals surface area contributed by atoms with Crippen molar-refractivity contribution >= 4 is 34.0 Å². The molecule has 0 amide bonds. The number of anilines is 2. The van der Waals surface area contributed by atoms with Crippen molar-refractivity contribution in [3.05, 3.63) is 65.6 Å². The molecule has 0 spiro atoms. The van der Waals surface area contributed by atoms with Crippen LogP contribution in [0.2, 0.25) is 5.02 Å². The molecule has 0 saturated heterocycles. The van der Waals surface area contributed by atoms with Gasteiger partial charge in [-0.15, -0.1) is 0 Å². The number of fused-ring (bicyclic) bond motifs is 2. The maximum atomic E-state index is 6.26. The zero-order valence-corrected chi connectivity index (χ0v) is 17.3. The van der Waals surface area contributed by atoms with E-state index in [1.54, 1.807) is 26.7 Å². The molecule has 5 rings (SSSR count). The summed E-state index contributed by atoms with van der Waals surface area (Å²) in [7, 11) is 3.18. The number of ether oxygens (including phenoxy) is 2. The highest BCUT2D eigenvalue weighted by molar-refractivity contribution is 6.31. The minimum Gasteiger partial charge on any atom is -0.491 e. The summed E-state index contributed by atoms with van der Waals surface area (Å²) in [4.78, 5) is 15.7. The van der Waals surface area contributed by atoms with Gasteiger partial charge in [-0.1, -0.05) is 23.7 Å². The number of hydrogen-bond donors (Lipinski definition) is 0. The predicted molar refractivity (Wildman–Crippen MR) is 118 cm³/mol. The standard InChI is InChI=1S/C23H19ClN4O2/c1-29-21-10-16(12-25-23(21)30-2)15-4-6-19-18(9-15)22(27-13-26-19)28-8-7-14-3-5-17(24)11-20(14)28/h3-6,9-13H,7-8H2,1-2H3. The lowest BCUT2D eigenvalue weighted by Gasteiger charge is -2.20. The molecule has 2 aromatic carbocycles. The third-order valence-electron chi connectivity index (χ3n) is 5.38. The Kier molecular flexibility index (Phi) is 4.64. The fraction of sp³-hybridized carbons (Fsp3) is 0.174. The molecule has 0 aliphatic carbocycles. The van der Waals surface area contributed by atoms with Crippen LogP contribution in [0.1, 0.15) is 5.56 Å². The molecule has 2 aromatic heterocycles. The average molecular weight is 419 g/mol. The van der Waals surface area contributed by atoms with Gasteiger partial charge in [0.1, 0.15) is 12.1 Å². The summed E-state index contributed by atoms with van der Waals surface area (Å²) >= 11 is 6.26. The van der Waals surface area contributed by atoms with Crippen LogP contribution in [0.25, 0.3) is 22.0 Å². The molecule has 0 saturated carbocycles. The van der Waals surface area contributed by atoms with Crippen LogP contribution in [0.4, 0.5) is 11.5 Å². The van der Waals surface area contributed by atoms with Crippen LogP contribution in [-0.4, -0.2) is 35.7 Å². The Morgan fingerprint density at radius 1 is 0.933 bits per heavy atom. The monoisotopic (exact) mass is 418 g/mol. The van der Waals surface area contributed by atoms with E-state index in [9.17, 15) is 0 Å². The van der Waals surface area contributed by atoms with E-state index in [0.717, 1.165) is 51.5 Å². The summed E-state index contributed by atoms with van der Waals surface area (Å²) in [5.41, 5.74) is 5.17. The van der Waals surface area contributed by atoms with Crippen LogP contribution in [0.15, 0.2) is 55.0 Å². The molecule has 0 radical (unpaired) electrons. The minimum absolute atomic E-state index is 0.455. The van der Waals surface area contributed by atoms with E-state index < -0.39 is 0 Å².